The van der Waals surface area contributed by atoms with E-state index in [0.29, 0.717) is 21.2 Å². The highest BCUT2D eigenvalue weighted by atomic mass is 35.5. The van der Waals surface area contributed by atoms with Crippen LogP contribution in [-0.4, -0.2) is 12.0 Å². The minimum atomic E-state index is -4.41. The summed E-state index contributed by atoms with van der Waals surface area (Å²) in [4.78, 5) is 3.96. The van der Waals surface area contributed by atoms with E-state index in [1.54, 1.807) is 19.2 Å². The number of benzene rings is 1. The third-order valence-electron chi connectivity index (χ3n) is 2.96. The molecule has 1 aromatic carbocycles. The zero-order valence-electron chi connectivity index (χ0n) is 10.8. The number of halogens is 4. The highest BCUT2D eigenvalue weighted by molar-refractivity contribution is 7.11. The molecule has 2 nitrogen and oxygen atoms in total. The second-order valence-electron chi connectivity index (χ2n) is 4.24. The van der Waals surface area contributed by atoms with Gasteiger partial charge in [0.25, 0.3) is 0 Å². The lowest BCUT2D eigenvalue weighted by molar-refractivity contribution is -0.137. The molecule has 2 rings (SSSR count). The van der Waals surface area contributed by atoms with E-state index in [2.05, 4.69) is 10.3 Å². The summed E-state index contributed by atoms with van der Waals surface area (Å²) in [5, 5.41) is 2.76. The van der Waals surface area contributed by atoms with Crippen molar-refractivity contribution in [1.29, 1.82) is 0 Å². The predicted molar refractivity (Wildman–Crippen MR) is 74.2 cm³/mol. The minimum Gasteiger partial charge on any atom is -0.309 e. The van der Waals surface area contributed by atoms with E-state index in [-0.39, 0.29) is 6.04 Å². The molecule has 1 atom stereocenters. The number of nitrogens with one attached hydrogen (secondary N) is 1. The van der Waals surface area contributed by atoms with E-state index in [0.717, 1.165) is 11.1 Å². The van der Waals surface area contributed by atoms with Crippen LogP contribution in [0.5, 0.6) is 0 Å². The first kappa shape index (κ1) is 15.3. The van der Waals surface area contributed by atoms with Gasteiger partial charge in [0.15, 0.2) is 5.01 Å². The molecule has 1 N–H and O–H groups in total. The van der Waals surface area contributed by atoms with E-state index >= 15 is 0 Å². The summed E-state index contributed by atoms with van der Waals surface area (Å²) in [5.41, 5.74) is 1.69. The van der Waals surface area contributed by atoms with Gasteiger partial charge in [-0.2, -0.15) is 13.2 Å². The lowest BCUT2D eigenvalue weighted by Gasteiger charge is -2.17. The van der Waals surface area contributed by atoms with Gasteiger partial charge in [0, 0.05) is 16.1 Å². The summed E-state index contributed by atoms with van der Waals surface area (Å²) >= 11 is 6.70. The first-order chi connectivity index (χ1) is 9.34. The highest BCUT2D eigenvalue weighted by Gasteiger charge is 2.35. The molecule has 0 aliphatic heterocycles. The summed E-state index contributed by atoms with van der Waals surface area (Å²) in [6.45, 7) is 1.84. The number of hydrogen-bond donors (Lipinski definition) is 1. The van der Waals surface area contributed by atoms with Crippen LogP contribution in [0.1, 0.15) is 27.1 Å². The molecule has 20 heavy (non-hydrogen) atoms. The fraction of sp³-hybridized carbons (Fsp3) is 0.308. The van der Waals surface area contributed by atoms with E-state index in [1.165, 1.54) is 6.20 Å². The van der Waals surface area contributed by atoms with Gasteiger partial charge in [0.05, 0.1) is 6.04 Å². The number of thiazole rings is 1. The van der Waals surface area contributed by atoms with Gasteiger partial charge in [-0.15, -0.1) is 11.3 Å². The number of nitrogens with zero attached hydrogens (tertiary/aromatic N) is 1. The van der Waals surface area contributed by atoms with Crippen molar-refractivity contribution in [3.8, 4) is 0 Å². The molecule has 0 aliphatic rings. The third kappa shape index (κ3) is 2.97. The smallest absolute Gasteiger partial charge is 0.309 e. The van der Waals surface area contributed by atoms with Gasteiger partial charge in [0.1, 0.15) is 0 Å². The molecule has 108 valence electrons. The number of rotatable bonds is 3. The standard InChI is InChI=1S/C13H12ClF3N2S/c1-7-8(4-3-5-9(7)14)11(18-2)10-6-19-12(20-10)13(15,16)17/h3-6,11,18H,1-2H3. The van der Waals surface area contributed by atoms with E-state index < -0.39 is 11.2 Å². The molecule has 0 amide bonds. The maximum absolute atomic E-state index is 12.6. The van der Waals surface area contributed by atoms with Gasteiger partial charge in [-0.1, -0.05) is 23.7 Å². The molecule has 0 saturated carbocycles. The summed E-state index contributed by atoms with van der Waals surface area (Å²) in [6.07, 6.45) is -3.15. The average molecular weight is 321 g/mol. The average Bonchev–Trinajstić information content (AvgIpc) is 2.85. The van der Waals surface area contributed by atoms with Gasteiger partial charge in [-0.05, 0) is 31.2 Å². The molecular formula is C13H12ClF3N2S. The van der Waals surface area contributed by atoms with E-state index in [4.69, 9.17) is 11.6 Å². The number of aromatic nitrogens is 1. The Hall–Kier alpha value is -1.11. The predicted octanol–water partition coefficient (Wildman–Crippen LogP) is 4.43. The van der Waals surface area contributed by atoms with Crippen molar-refractivity contribution in [3.63, 3.8) is 0 Å². The maximum atomic E-state index is 12.6. The van der Waals surface area contributed by atoms with Gasteiger partial charge in [-0.3, -0.25) is 0 Å². The largest absolute Gasteiger partial charge is 0.443 e. The quantitative estimate of drug-likeness (QED) is 0.904. The molecule has 1 aromatic heterocycles. The van der Waals surface area contributed by atoms with E-state index in [1.807, 2.05) is 13.0 Å². The van der Waals surface area contributed by atoms with Crippen molar-refractivity contribution in [2.24, 2.45) is 0 Å². The topological polar surface area (TPSA) is 24.9 Å². The van der Waals surface area contributed by atoms with Crippen molar-refractivity contribution in [2.75, 3.05) is 7.05 Å². The summed E-state index contributed by atoms with van der Waals surface area (Å²) in [7, 11) is 1.69. The lowest BCUT2D eigenvalue weighted by atomic mass is 10.0. The number of hydrogen-bond acceptors (Lipinski definition) is 3. The van der Waals surface area contributed by atoms with Crippen LogP contribution in [0.2, 0.25) is 5.02 Å². The van der Waals surface area contributed by atoms with Crippen LogP contribution in [0, 0.1) is 6.92 Å². The van der Waals surface area contributed by atoms with Crippen LogP contribution in [0.25, 0.3) is 0 Å². The Bertz CT molecular complexity index is 610. The Balaban J connectivity index is 2.43. The Morgan fingerprint density at radius 1 is 1.35 bits per heavy atom. The second-order valence-corrected chi connectivity index (χ2v) is 5.71. The molecular weight excluding hydrogens is 309 g/mol. The van der Waals surface area contributed by atoms with Crippen molar-refractivity contribution in [2.45, 2.75) is 19.1 Å². The lowest BCUT2D eigenvalue weighted by Crippen LogP contribution is -2.17. The summed E-state index contributed by atoms with van der Waals surface area (Å²) in [5.74, 6) is 0. The molecule has 0 fully saturated rings. The Labute approximate surface area is 123 Å². The van der Waals surface area contributed by atoms with Gasteiger partial charge >= 0.3 is 6.18 Å². The van der Waals surface area contributed by atoms with Crippen LogP contribution < -0.4 is 5.32 Å². The van der Waals surface area contributed by atoms with Crippen molar-refractivity contribution < 1.29 is 13.2 Å². The minimum absolute atomic E-state index is 0.359. The summed E-state index contributed by atoms with van der Waals surface area (Å²) in [6, 6.07) is 5.01. The molecule has 1 heterocycles. The van der Waals surface area contributed by atoms with Crippen molar-refractivity contribution in [1.82, 2.24) is 10.3 Å². The van der Waals surface area contributed by atoms with Gasteiger partial charge < -0.3 is 5.32 Å². The first-order valence-corrected chi connectivity index (χ1v) is 6.99. The Kier molecular flexibility index (Phi) is 4.36. The fourth-order valence-electron chi connectivity index (χ4n) is 1.94. The molecule has 2 aromatic rings. The van der Waals surface area contributed by atoms with E-state index in [9.17, 15) is 13.2 Å². The second kappa shape index (κ2) is 5.71. The molecule has 0 radical (unpaired) electrons. The molecule has 0 spiro atoms. The fourth-order valence-corrected chi connectivity index (χ4v) is 3.03. The molecule has 0 saturated heterocycles. The molecule has 1 unspecified atom stereocenters. The van der Waals surface area contributed by atoms with Crippen LogP contribution in [0.3, 0.4) is 0 Å². The molecule has 0 aliphatic carbocycles. The monoisotopic (exact) mass is 320 g/mol. The zero-order chi connectivity index (χ0) is 14.9. The van der Waals surface area contributed by atoms with Crippen LogP contribution in [-0.2, 0) is 6.18 Å². The van der Waals surface area contributed by atoms with Gasteiger partial charge in [-0.25, -0.2) is 4.98 Å². The Morgan fingerprint density at radius 3 is 2.60 bits per heavy atom. The third-order valence-corrected chi connectivity index (χ3v) is 4.48. The highest BCUT2D eigenvalue weighted by Crippen LogP contribution is 2.37. The van der Waals surface area contributed by atoms with Crippen molar-refractivity contribution in [3.05, 3.63) is 50.4 Å². The van der Waals surface area contributed by atoms with Crippen LogP contribution >= 0.6 is 22.9 Å². The molecule has 0 bridgehead atoms. The van der Waals surface area contributed by atoms with Gasteiger partial charge in [0.2, 0.25) is 0 Å². The first-order valence-electron chi connectivity index (χ1n) is 5.79. The SMILES string of the molecule is CNC(c1cnc(C(F)(F)F)s1)c1cccc(Cl)c1C. The normalized spacial score (nSPS) is 13.5. The van der Waals surface area contributed by atoms with Crippen LogP contribution in [0.15, 0.2) is 24.4 Å². The molecule has 7 heteroatoms. The zero-order valence-corrected chi connectivity index (χ0v) is 12.3. The number of alkyl halides is 3. The van der Waals surface area contributed by atoms with Crippen molar-refractivity contribution >= 4 is 22.9 Å². The maximum Gasteiger partial charge on any atom is 0.443 e. The summed E-state index contributed by atoms with van der Waals surface area (Å²) < 4.78 is 37.9. The van der Waals surface area contributed by atoms with Crippen LogP contribution in [0.4, 0.5) is 13.2 Å². The Morgan fingerprint density at radius 2 is 2.05 bits per heavy atom.